The van der Waals surface area contributed by atoms with Crippen molar-refractivity contribution in [3.63, 3.8) is 0 Å². The first-order chi connectivity index (χ1) is 8.83. The summed E-state index contributed by atoms with van der Waals surface area (Å²) in [5, 5.41) is 2.23. The van der Waals surface area contributed by atoms with E-state index in [0.717, 1.165) is 10.0 Å². The third-order valence-electron chi connectivity index (χ3n) is 2.33. The van der Waals surface area contributed by atoms with Crippen molar-refractivity contribution >= 4 is 21.8 Å². The second-order valence-corrected chi connectivity index (χ2v) is 4.68. The van der Waals surface area contributed by atoms with E-state index in [2.05, 4.69) is 21.2 Å². The summed E-state index contributed by atoms with van der Waals surface area (Å²) < 4.78 is 41.8. The van der Waals surface area contributed by atoms with Crippen LogP contribution in [-0.4, -0.2) is 25.7 Å². The minimum atomic E-state index is -4.47. The number of nitrogens with one attached hydrogen (secondary N) is 1. The van der Waals surface area contributed by atoms with Gasteiger partial charge in [-0.2, -0.15) is 13.2 Å². The lowest BCUT2D eigenvalue weighted by molar-refractivity contribution is -0.153. The molecule has 0 spiro atoms. The van der Waals surface area contributed by atoms with E-state index in [1.807, 2.05) is 0 Å². The Morgan fingerprint density at radius 3 is 2.68 bits per heavy atom. The molecule has 19 heavy (non-hydrogen) atoms. The average Bonchev–Trinajstić information content (AvgIpc) is 2.26. The molecule has 1 amide bonds. The first-order valence-corrected chi connectivity index (χ1v) is 6.27. The van der Waals surface area contributed by atoms with Gasteiger partial charge in [0.1, 0.15) is 12.2 Å². The fourth-order valence-corrected chi connectivity index (χ4v) is 2.13. The molecule has 106 valence electrons. The summed E-state index contributed by atoms with van der Waals surface area (Å²) in [5.41, 5.74) is 0.809. The molecule has 0 aromatic heterocycles. The summed E-state index contributed by atoms with van der Waals surface area (Å²) in [6.07, 6.45) is -5.54. The Labute approximate surface area is 117 Å². The molecule has 0 unspecified atom stereocenters. The third-order valence-corrected chi connectivity index (χ3v) is 2.95. The lowest BCUT2D eigenvalue weighted by Crippen LogP contribution is -2.30. The van der Waals surface area contributed by atoms with Crippen LogP contribution in [0.1, 0.15) is 12.0 Å². The molecule has 7 heteroatoms. The number of hydrogen-bond donors (Lipinski definition) is 1. The normalized spacial score (nSPS) is 11.2. The topological polar surface area (TPSA) is 38.3 Å². The molecular weight excluding hydrogens is 327 g/mol. The Morgan fingerprint density at radius 2 is 2.11 bits per heavy atom. The number of para-hydroxylation sites is 1. The van der Waals surface area contributed by atoms with Crippen molar-refractivity contribution < 1.29 is 22.7 Å². The van der Waals surface area contributed by atoms with E-state index in [-0.39, 0.29) is 6.54 Å². The molecule has 0 aliphatic heterocycles. The summed E-state index contributed by atoms with van der Waals surface area (Å²) in [5.74, 6) is -0.408. The van der Waals surface area contributed by atoms with Gasteiger partial charge in [-0.05, 0) is 34.0 Å². The van der Waals surface area contributed by atoms with Gasteiger partial charge >= 0.3 is 6.18 Å². The van der Waals surface area contributed by atoms with Gasteiger partial charge in [-0.3, -0.25) is 4.79 Å². The van der Waals surface area contributed by atoms with Crippen LogP contribution in [0.3, 0.4) is 0 Å². The van der Waals surface area contributed by atoms with Gasteiger partial charge in [-0.15, -0.1) is 0 Å². The molecule has 1 aromatic carbocycles. The fraction of sp³-hybridized carbons (Fsp3) is 0.417. The maximum Gasteiger partial charge on any atom is 0.397 e. The number of benzene rings is 1. The number of methoxy groups -OCH3 is 1. The maximum absolute atomic E-state index is 11.9. The molecule has 0 aliphatic carbocycles. The summed E-state index contributed by atoms with van der Waals surface area (Å²) in [7, 11) is 1.51. The Hall–Kier alpha value is -1.24. The molecule has 1 aromatic rings. The zero-order valence-electron chi connectivity index (χ0n) is 10.2. The number of carbonyl (C=O) groups is 1. The predicted molar refractivity (Wildman–Crippen MR) is 68.1 cm³/mol. The molecule has 0 bridgehead atoms. The van der Waals surface area contributed by atoms with Gasteiger partial charge in [0.25, 0.3) is 0 Å². The van der Waals surface area contributed by atoms with Crippen molar-refractivity contribution in [3.05, 3.63) is 28.2 Å². The Bertz CT molecular complexity index is 449. The molecule has 0 radical (unpaired) electrons. The van der Waals surface area contributed by atoms with E-state index in [1.165, 1.54) is 7.11 Å². The number of carbonyl (C=O) groups excluding carboxylic acids is 1. The van der Waals surface area contributed by atoms with Crippen molar-refractivity contribution in [1.29, 1.82) is 0 Å². The first kappa shape index (κ1) is 15.8. The lowest BCUT2D eigenvalue weighted by Gasteiger charge is -2.11. The van der Waals surface area contributed by atoms with E-state index in [0.29, 0.717) is 12.2 Å². The predicted octanol–water partition coefficient (Wildman–Crippen LogP) is 3.07. The van der Waals surface area contributed by atoms with Crippen LogP contribution >= 0.6 is 15.9 Å². The summed E-state index contributed by atoms with van der Waals surface area (Å²) >= 11 is 3.31. The second-order valence-electron chi connectivity index (χ2n) is 3.82. The van der Waals surface area contributed by atoms with E-state index < -0.39 is 18.5 Å². The Kier molecular flexibility index (Phi) is 5.65. The smallest absolute Gasteiger partial charge is 0.397 e. The van der Waals surface area contributed by atoms with Crippen molar-refractivity contribution in [1.82, 2.24) is 5.32 Å². The number of alkyl halides is 3. The highest BCUT2D eigenvalue weighted by Crippen LogP contribution is 2.28. The minimum Gasteiger partial charge on any atom is -0.495 e. The SMILES string of the molecule is COc1c(Br)cccc1CCNC(=O)CC(F)(F)F. The molecule has 1 rings (SSSR count). The standard InChI is InChI=1S/C12H13BrF3NO2/c1-19-11-8(3-2-4-9(11)13)5-6-17-10(18)7-12(14,15)16/h2-4H,5-7H2,1H3,(H,17,18). The number of halogens is 4. The highest BCUT2D eigenvalue weighted by atomic mass is 79.9. The summed E-state index contributed by atoms with van der Waals surface area (Å²) in [6, 6.07) is 5.38. The van der Waals surface area contributed by atoms with E-state index in [9.17, 15) is 18.0 Å². The molecular formula is C12H13BrF3NO2. The average molecular weight is 340 g/mol. The fourth-order valence-electron chi connectivity index (χ4n) is 1.56. The monoisotopic (exact) mass is 339 g/mol. The molecule has 3 nitrogen and oxygen atoms in total. The van der Waals surface area contributed by atoms with Crippen LogP contribution < -0.4 is 10.1 Å². The summed E-state index contributed by atoms with van der Waals surface area (Å²) in [6.45, 7) is 0.127. The van der Waals surface area contributed by atoms with Gasteiger partial charge in [0.2, 0.25) is 5.91 Å². The largest absolute Gasteiger partial charge is 0.495 e. The first-order valence-electron chi connectivity index (χ1n) is 5.48. The van der Waals surface area contributed by atoms with Crippen LogP contribution in [0.25, 0.3) is 0 Å². The van der Waals surface area contributed by atoms with Gasteiger partial charge in [-0.25, -0.2) is 0 Å². The molecule has 0 saturated heterocycles. The minimum absolute atomic E-state index is 0.127. The summed E-state index contributed by atoms with van der Waals surface area (Å²) in [4.78, 5) is 11.0. The third kappa shape index (κ3) is 5.50. The van der Waals surface area contributed by atoms with E-state index in [1.54, 1.807) is 18.2 Å². The van der Waals surface area contributed by atoms with Crippen LogP contribution in [0.2, 0.25) is 0 Å². The Balaban J connectivity index is 2.50. The highest BCUT2D eigenvalue weighted by molar-refractivity contribution is 9.10. The van der Waals surface area contributed by atoms with Crippen LogP contribution in [0, 0.1) is 0 Å². The second kappa shape index (κ2) is 6.79. The van der Waals surface area contributed by atoms with Gasteiger partial charge in [0, 0.05) is 6.54 Å². The number of hydrogen-bond acceptors (Lipinski definition) is 2. The molecule has 0 heterocycles. The molecule has 0 fully saturated rings. The zero-order valence-corrected chi connectivity index (χ0v) is 11.8. The van der Waals surface area contributed by atoms with Gasteiger partial charge in [-0.1, -0.05) is 12.1 Å². The maximum atomic E-state index is 11.9. The van der Waals surface area contributed by atoms with Crippen molar-refractivity contribution in [2.45, 2.75) is 19.0 Å². The number of ether oxygens (including phenoxy) is 1. The van der Waals surface area contributed by atoms with Crippen LogP contribution in [0.15, 0.2) is 22.7 Å². The van der Waals surface area contributed by atoms with Gasteiger partial charge in [0.15, 0.2) is 0 Å². The Morgan fingerprint density at radius 1 is 1.42 bits per heavy atom. The van der Waals surface area contributed by atoms with E-state index >= 15 is 0 Å². The van der Waals surface area contributed by atoms with E-state index in [4.69, 9.17) is 4.74 Å². The molecule has 1 N–H and O–H groups in total. The molecule has 0 saturated carbocycles. The number of amides is 1. The lowest BCUT2D eigenvalue weighted by atomic mass is 10.1. The molecule has 0 atom stereocenters. The van der Waals surface area contributed by atoms with Crippen molar-refractivity contribution in [2.24, 2.45) is 0 Å². The van der Waals surface area contributed by atoms with Crippen LogP contribution in [0.4, 0.5) is 13.2 Å². The van der Waals surface area contributed by atoms with Crippen molar-refractivity contribution in [3.8, 4) is 5.75 Å². The van der Waals surface area contributed by atoms with Crippen molar-refractivity contribution in [2.75, 3.05) is 13.7 Å². The highest BCUT2D eigenvalue weighted by Gasteiger charge is 2.30. The van der Waals surface area contributed by atoms with Crippen LogP contribution in [0.5, 0.6) is 5.75 Å². The quantitative estimate of drug-likeness (QED) is 0.895. The number of rotatable bonds is 5. The van der Waals surface area contributed by atoms with Gasteiger partial charge < -0.3 is 10.1 Å². The zero-order chi connectivity index (χ0) is 14.5. The molecule has 0 aliphatic rings. The van der Waals surface area contributed by atoms with Gasteiger partial charge in [0.05, 0.1) is 11.6 Å². The van der Waals surface area contributed by atoms with Crippen LogP contribution in [-0.2, 0) is 11.2 Å².